The molecule has 0 aromatic heterocycles. The second-order valence-electron chi connectivity index (χ2n) is 7.30. The molecule has 2 aromatic carbocycles. The Bertz CT molecular complexity index is 1100. The van der Waals surface area contributed by atoms with E-state index in [1.807, 2.05) is 0 Å². The van der Waals surface area contributed by atoms with Gasteiger partial charge in [0.05, 0.1) is 22.4 Å². The smallest absolute Gasteiger partial charge is 0.349 e. The summed E-state index contributed by atoms with van der Waals surface area (Å²) in [4.78, 5) is 26.1. The number of nitrogens with two attached hydrogens (primary N) is 1. The zero-order valence-corrected chi connectivity index (χ0v) is 17.2. The van der Waals surface area contributed by atoms with Gasteiger partial charge in [0.2, 0.25) is 21.8 Å². The molecule has 166 valence electrons. The fourth-order valence-corrected chi connectivity index (χ4v) is 3.86. The third kappa shape index (κ3) is 5.23. The molecule has 1 saturated heterocycles. The number of sulfonamides is 1. The number of carbonyl (C=O) groups excluding carboxylic acids is 2. The van der Waals surface area contributed by atoms with Crippen LogP contribution in [0, 0.1) is 5.92 Å². The summed E-state index contributed by atoms with van der Waals surface area (Å²) in [5, 5.41) is 7.80. The number of halogens is 3. The van der Waals surface area contributed by atoms with E-state index in [4.69, 9.17) is 5.14 Å². The van der Waals surface area contributed by atoms with Gasteiger partial charge < -0.3 is 10.2 Å². The molecule has 0 spiro atoms. The number of hydrogen-bond donors (Lipinski definition) is 2. The summed E-state index contributed by atoms with van der Waals surface area (Å²) in [5.41, 5.74) is -0.163. The van der Waals surface area contributed by atoms with Gasteiger partial charge >= 0.3 is 6.18 Å². The van der Waals surface area contributed by atoms with E-state index in [-0.39, 0.29) is 23.5 Å². The second kappa shape index (κ2) is 8.31. The van der Waals surface area contributed by atoms with Crippen LogP contribution in [0.2, 0.25) is 0 Å². The average Bonchev–Trinajstić information content (AvgIpc) is 3.08. The van der Waals surface area contributed by atoms with Gasteiger partial charge in [0.25, 0.3) is 0 Å². The maximum atomic E-state index is 12.9. The van der Waals surface area contributed by atoms with Crippen molar-refractivity contribution < 1.29 is 31.2 Å². The lowest BCUT2D eigenvalue weighted by Crippen LogP contribution is -2.34. The molecule has 11 heteroatoms. The molecule has 0 bridgehead atoms. The minimum absolute atomic E-state index is 0.0386. The van der Waals surface area contributed by atoms with E-state index in [0.29, 0.717) is 5.56 Å². The van der Waals surface area contributed by atoms with E-state index in [2.05, 4.69) is 5.32 Å². The van der Waals surface area contributed by atoms with Crippen molar-refractivity contribution in [3.63, 3.8) is 0 Å². The first-order valence-corrected chi connectivity index (χ1v) is 10.8. The molecule has 2 atom stereocenters. The highest BCUT2D eigenvalue weighted by molar-refractivity contribution is 7.89. The lowest BCUT2D eigenvalue weighted by Gasteiger charge is -2.20. The van der Waals surface area contributed by atoms with Crippen LogP contribution in [0.1, 0.15) is 30.5 Å². The second-order valence-corrected chi connectivity index (χ2v) is 8.86. The van der Waals surface area contributed by atoms with Crippen LogP contribution in [0.25, 0.3) is 0 Å². The molecule has 0 radical (unpaired) electrons. The lowest BCUT2D eigenvalue weighted by atomic mass is 10.1. The number of rotatable bonds is 5. The number of primary sulfonamides is 1. The molecule has 31 heavy (non-hydrogen) atoms. The van der Waals surface area contributed by atoms with Crippen LogP contribution in [-0.4, -0.2) is 26.8 Å². The van der Waals surface area contributed by atoms with Crippen LogP contribution in [0.3, 0.4) is 0 Å². The quantitative estimate of drug-likeness (QED) is 0.722. The molecule has 1 fully saturated rings. The van der Waals surface area contributed by atoms with Gasteiger partial charge in [-0.25, -0.2) is 13.6 Å². The topological polar surface area (TPSA) is 110 Å². The van der Waals surface area contributed by atoms with E-state index < -0.39 is 45.5 Å². The van der Waals surface area contributed by atoms with Crippen molar-refractivity contribution in [2.45, 2.75) is 30.5 Å². The van der Waals surface area contributed by atoms with Gasteiger partial charge in [-0.15, -0.1) is 0 Å². The van der Waals surface area contributed by atoms with E-state index in [1.165, 1.54) is 41.3 Å². The number of carbonyl (C=O) groups is 2. The number of amides is 2. The molecule has 0 saturated carbocycles. The standard InChI is InChI=1S/C20H20F3N3O4S/c1-12(13-5-7-17(8-6-13)31(24,29)30)25-19(28)14-9-18(27)26(11-14)16-4-2-3-15(10-16)20(21,22)23/h2-8,10,12,14H,9,11H2,1H3,(H,25,28)(H2,24,29,30)/t12-,14-/m0/s1. The van der Waals surface area contributed by atoms with Crippen LogP contribution in [-0.2, 0) is 25.8 Å². The molecule has 0 unspecified atom stereocenters. The highest BCUT2D eigenvalue weighted by Gasteiger charge is 2.37. The molecule has 2 aromatic rings. The van der Waals surface area contributed by atoms with Crippen molar-refractivity contribution in [1.29, 1.82) is 0 Å². The molecule has 1 aliphatic rings. The van der Waals surface area contributed by atoms with Crippen LogP contribution < -0.4 is 15.4 Å². The molecular formula is C20H20F3N3O4S. The van der Waals surface area contributed by atoms with Gasteiger partial charge in [0.15, 0.2) is 0 Å². The van der Waals surface area contributed by atoms with Crippen molar-refractivity contribution in [2.75, 3.05) is 11.4 Å². The third-order valence-electron chi connectivity index (χ3n) is 5.05. The summed E-state index contributed by atoms with van der Waals surface area (Å²) in [5.74, 6) is -1.59. The minimum atomic E-state index is -4.54. The fraction of sp³-hybridized carbons (Fsp3) is 0.300. The van der Waals surface area contributed by atoms with Crippen molar-refractivity contribution in [3.8, 4) is 0 Å². The predicted molar refractivity (Wildman–Crippen MR) is 106 cm³/mol. The number of benzene rings is 2. The van der Waals surface area contributed by atoms with E-state index in [1.54, 1.807) is 6.92 Å². The van der Waals surface area contributed by atoms with Crippen molar-refractivity contribution in [3.05, 3.63) is 59.7 Å². The number of alkyl halides is 3. The monoisotopic (exact) mass is 455 g/mol. The first-order valence-electron chi connectivity index (χ1n) is 9.27. The Morgan fingerprint density at radius 3 is 2.42 bits per heavy atom. The fourth-order valence-electron chi connectivity index (χ4n) is 3.34. The molecule has 0 aliphatic carbocycles. The summed E-state index contributed by atoms with van der Waals surface area (Å²) >= 11 is 0. The third-order valence-corrected chi connectivity index (χ3v) is 5.98. The molecular weight excluding hydrogens is 435 g/mol. The van der Waals surface area contributed by atoms with Crippen molar-refractivity contribution in [1.82, 2.24) is 5.32 Å². The Hall–Kier alpha value is -2.92. The Morgan fingerprint density at radius 2 is 1.84 bits per heavy atom. The predicted octanol–water partition coefficient (Wildman–Crippen LogP) is 2.58. The maximum Gasteiger partial charge on any atom is 0.416 e. The Kier molecular flexibility index (Phi) is 6.10. The highest BCUT2D eigenvalue weighted by Crippen LogP contribution is 2.33. The Labute approximate surface area is 177 Å². The molecule has 7 nitrogen and oxygen atoms in total. The molecule has 2 amide bonds. The van der Waals surface area contributed by atoms with Gasteiger partial charge in [-0.05, 0) is 42.8 Å². The summed E-state index contributed by atoms with van der Waals surface area (Å²) in [6.07, 6.45) is -4.66. The molecule has 1 aliphatic heterocycles. The first kappa shape index (κ1) is 22.8. The number of anilines is 1. The van der Waals surface area contributed by atoms with Gasteiger partial charge in [-0.1, -0.05) is 18.2 Å². The number of nitrogens with zero attached hydrogens (tertiary/aromatic N) is 1. The van der Waals surface area contributed by atoms with Crippen molar-refractivity contribution in [2.24, 2.45) is 11.1 Å². The largest absolute Gasteiger partial charge is 0.416 e. The number of hydrogen-bond acceptors (Lipinski definition) is 4. The van der Waals surface area contributed by atoms with Crippen LogP contribution >= 0.6 is 0 Å². The zero-order valence-electron chi connectivity index (χ0n) is 16.4. The molecule has 3 rings (SSSR count). The van der Waals surface area contributed by atoms with Gasteiger partial charge in [-0.2, -0.15) is 13.2 Å². The van der Waals surface area contributed by atoms with Crippen LogP contribution in [0.5, 0.6) is 0 Å². The highest BCUT2D eigenvalue weighted by atomic mass is 32.2. The SMILES string of the molecule is C[C@H](NC(=O)[C@H]1CC(=O)N(c2cccc(C(F)(F)F)c2)C1)c1ccc(S(N)(=O)=O)cc1. The van der Waals surface area contributed by atoms with Crippen LogP contribution in [0.15, 0.2) is 53.4 Å². The summed E-state index contributed by atoms with van der Waals surface area (Å²) < 4.78 is 61.5. The lowest BCUT2D eigenvalue weighted by molar-refractivity contribution is -0.137. The summed E-state index contributed by atoms with van der Waals surface area (Å²) in [6.45, 7) is 1.65. The Morgan fingerprint density at radius 1 is 1.19 bits per heavy atom. The minimum Gasteiger partial charge on any atom is -0.349 e. The van der Waals surface area contributed by atoms with Gasteiger partial charge in [0, 0.05) is 18.7 Å². The van der Waals surface area contributed by atoms with Gasteiger partial charge in [-0.3, -0.25) is 9.59 Å². The molecule has 1 heterocycles. The van der Waals surface area contributed by atoms with Gasteiger partial charge in [0.1, 0.15) is 0 Å². The number of nitrogens with one attached hydrogen (secondary N) is 1. The summed E-state index contributed by atoms with van der Waals surface area (Å²) in [6, 6.07) is 9.59. The maximum absolute atomic E-state index is 12.9. The van der Waals surface area contributed by atoms with E-state index >= 15 is 0 Å². The van der Waals surface area contributed by atoms with Crippen molar-refractivity contribution >= 4 is 27.5 Å². The van der Waals surface area contributed by atoms with E-state index in [9.17, 15) is 31.2 Å². The van der Waals surface area contributed by atoms with Crippen LogP contribution in [0.4, 0.5) is 18.9 Å². The van der Waals surface area contributed by atoms with E-state index in [0.717, 1.165) is 12.1 Å². The molecule has 3 N–H and O–H groups in total. The average molecular weight is 455 g/mol. The first-order chi connectivity index (χ1) is 14.4. The zero-order chi connectivity index (χ0) is 23.0. The summed E-state index contributed by atoms with van der Waals surface area (Å²) in [7, 11) is -3.83. The Balaban J connectivity index is 1.68. The normalized spacial score (nSPS) is 18.2.